The van der Waals surface area contributed by atoms with E-state index in [0.29, 0.717) is 31.3 Å². The number of likely N-dealkylation sites (tertiary alicyclic amines) is 1. The van der Waals surface area contributed by atoms with Crippen LogP contribution in [-0.4, -0.2) is 55.5 Å². The molecular formula is C20H29N3O3. The predicted octanol–water partition coefficient (Wildman–Crippen LogP) is 2.18. The summed E-state index contributed by atoms with van der Waals surface area (Å²) in [4.78, 5) is 28.4. The van der Waals surface area contributed by atoms with Gasteiger partial charge in [0, 0.05) is 32.1 Å². The van der Waals surface area contributed by atoms with Crippen LogP contribution in [0, 0.1) is 0 Å². The average Bonchev–Trinajstić information content (AvgIpc) is 2.65. The molecule has 0 aromatic heterocycles. The molecule has 0 saturated carbocycles. The maximum atomic E-state index is 12.1. The summed E-state index contributed by atoms with van der Waals surface area (Å²) in [5, 5.41) is 2.98. The Morgan fingerprint density at radius 3 is 2.96 bits per heavy atom. The number of fused-ring (bicyclic) bond motifs is 1. The van der Waals surface area contributed by atoms with Crippen LogP contribution in [0.2, 0.25) is 0 Å². The monoisotopic (exact) mass is 359 g/mol. The number of benzene rings is 1. The molecule has 142 valence electrons. The number of hydrogen-bond acceptors (Lipinski definition) is 4. The molecule has 6 nitrogen and oxygen atoms in total. The van der Waals surface area contributed by atoms with E-state index in [1.54, 1.807) is 4.90 Å². The number of hydrogen-bond donors (Lipinski definition) is 1. The number of rotatable bonds is 7. The maximum Gasteiger partial charge on any atom is 0.265 e. The molecule has 0 radical (unpaired) electrons. The fourth-order valence-corrected chi connectivity index (χ4v) is 3.70. The van der Waals surface area contributed by atoms with Crippen molar-refractivity contribution in [1.82, 2.24) is 10.2 Å². The highest BCUT2D eigenvalue weighted by molar-refractivity contribution is 5.98. The molecular weight excluding hydrogens is 330 g/mol. The minimum atomic E-state index is -0.101. The van der Waals surface area contributed by atoms with Gasteiger partial charge in [0.2, 0.25) is 5.91 Å². The van der Waals surface area contributed by atoms with Crippen LogP contribution in [0.4, 0.5) is 5.69 Å². The standard InChI is InChI=1S/C20H29N3O3/c1-16-7-4-5-12-22(16)13-6-11-21-19(24)10-14-23-17-8-2-3-9-18(17)26-15-20(23)25/h2-3,8-9,16H,4-7,10-15H2,1H3,(H,21,24)/t16-/m1/s1. The Morgan fingerprint density at radius 2 is 2.12 bits per heavy atom. The molecule has 3 rings (SSSR count). The number of amides is 2. The first-order valence-corrected chi connectivity index (χ1v) is 9.68. The van der Waals surface area contributed by atoms with Gasteiger partial charge in [-0.05, 0) is 44.9 Å². The smallest absolute Gasteiger partial charge is 0.265 e. The molecule has 2 aliphatic heterocycles. The lowest BCUT2D eigenvalue weighted by Crippen LogP contribution is -2.41. The highest BCUT2D eigenvalue weighted by atomic mass is 16.5. The van der Waals surface area contributed by atoms with E-state index >= 15 is 0 Å². The van der Waals surface area contributed by atoms with Crippen LogP contribution in [0.3, 0.4) is 0 Å². The molecule has 1 atom stereocenters. The van der Waals surface area contributed by atoms with E-state index in [-0.39, 0.29) is 18.4 Å². The Morgan fingerprint density at radius 1 is 1.27 bits per heavy atom. The average molecular weight is 359 g/mol. The summed E-state index contributed by atoms with van der Waals surface area (Å²) in [7, 11) is 0. The fourth-order valence-electron chi connectivity index (χ4n) is 3.70. The number of ether oxygens (including phenoxy) is 1. The Balaban J connectivity index is 1.38. The number of piperidine rings is 1. The summed E-state index contributed by atoms with van der Waals surface area (Å²) < 4.78 is 5.42. The summed E-state index contributed by atoms with van der Waals surface area (Å²) in [6.07, 6.45) is 5.17. The van der Waals surface area contributed by atoms with Gasteiger partial charge in [-0.25, -0.2) is 0 Å². The number of carbonyl (C=O) groups is 2. The summed E-state index contributed by atoms with van der Waals surface area (Å²) >= 11 is 0. The fraction of sp³-hybridized carbons (Fsp3) is 0.600. The van der Waals surface area contributed by atoms with E-state index in [1.807, 2.05) is 24.3 Å². The van der Waals surface area contributed by atoms with Crippen LogP contribution in [0.25, 0.3) is 0 Å². The van der Waals surface area contributed by atoms with E-state index in [4.69, 9.17) is 4.74 Å². The number of nitrogens with one attached hydrogen (secondary N) is 1. The second-order valence-corrected chi connectivity index (χ2v) is 7.14. The van der Waals surface area contributed by atoms with Gasteiger partial charge >= 0.3 is 0 Å². The molecule has 2 aliphatic rings. The molecule has 2 heterocycles. The van der Waals surface area contributed by atoms with E-state index in [2.05, 4.69) is 17.1 Å². The molecule has 0 spiro atoms. The van der Waals surface area contributed by atoms with E-state index in [9.17, 15) is 9.59 Å². The number of para-hydroxylation sites is 2. The topological polar surface area (TPSA) is 61.9 Å². The zero-order valence-electron chi connectivity index (χ0n) is 15.6. The quantitative estimate of drug-likeness (QED) is 0.758. The minimum absolute atomic E-state index is 0.00605. The first-order chi connectivity index (χ1) is 12.6. The van der Waals surface area contributed by atoms with E-state index in [0.717, 1.165) is 18.7 Å². The third-order valence-corrected chi connectivity index (χ3v) is 5.26. The van der Waals surface area contributed by atoms with Crippen LogP contribution in [0.1, 0.15) is 39.0 Å². The zero-order chi connectivity index (χ0) is 18.4. The van der Waals surface area contributed by atoms with Crippen molar-refractivity contribution in [1.29, 1.82) is 0 Å². The third-order valence-electron chi connectivity index (χ3n) is 5.26. The molecule has 1 aromatic carbocycles. The second-order valence-electron chi connectivity index (χ2n) is 7.14. The van der Waals surface area contributed by atoms with Crippen molar-refractivity contribution in [2.75, 3.05) is 37.7 Å². The zero-order valence-corrected chi connectivity index (χ0v) is 15.6. The van der Waals surface area contributed by atoms with Gasteiger partial charge in [-0.2, -0.15) is 0 Å². The van der Waals surface area contributed by atoms with Gasteiger partial charge in [0.05, 0.1) is 5.69 Å². The lowest BCUT2D eigenvalue weighted by atomic mass is 10.0. The number of anilines is 1. The molecule has 6 heteroatoms. The molecule has 0 aliphatic carbocycles. The SMILES string of the molecule is C[C@@H]1CCCCN1CCCNC(=O)CCN1C(=O)COc2ccccc21. The van der Waals surface area contributed by atoms with Crippen LogP contribution in [0.15, 0.2) is 24.3 Å². The molecule has 26 heavy (non-hydrogen) atoms. The minimum Gasteiger partial charge on any atom is -0.482 e. The Bertz CT molecular complexity index is 634. The largest absolute Gasteiger partial charge is 0.482 e. The van der Waals surface area contributed by atoms with Gasteiger partial charge in [-0.1, -0.05) is 18.6 Å². The van der Waals surface area contributed by atoms with Gasteiger partial charge < -0.3 is 19.9 Å². The number of carbonyl (C=O) groups excluding carboxylic acids is 2. The normalized spacial score (nSPS) is 20.4. The van der Waals surface area contributed by atoms with Gasteiger partial charge in [0.15, 0.2) is 6.61 Å². The lowest BCUT2D eigenvalue weighted by molar-refractivity contribution is -0.122. The van der Waals surface area contributed by atoms with Crippen molar-refractivity contribution in [3.05, 3.63) is 24.3 Å². The molecule has 1 saturated heterocycles. The highest BCUT2D eigenvalue weighted by Crippen LogP contribution is 2.31. The van der Waals surface area contributed by atoms with Crippen molar-refractivity contribution >= 4 is 17.5 Å². The summed E-state index contributed by atoms with van der Waals surface area (Å²) in [5.74, 6) is 0.590. The van der Waals surface area contributed by atoms with Crippen molar-refractivity contribution in [2.24, 2.45) is 0 Å². The molecule has 1 aromatic rings. The van der Waals surface area contributed by atoms with Crippen molar-refractivity contribution in [2.45, 2.75) is 45.1 Å². The van der Waals surface area contributed by atoms with Crippen LogP contribution in [0.5, 0.6) is 5.75 Å². The summed E-state index contributed by atoms with van der Waals surface area (Å²) in [5.41, 5.74) is 0.746. The summed E-state index contributed by atoms with van der Waals surface area (Å²) in [6, 6.07) is 8.10. The van der Waals surface area contributed by atoms with Crippen molar-refractivity contribution in [3.63, 3.8) is 0 Å². The first-order valence-electron chi connectivity index (χ1n) is 9.68. The predicted molar refractivity (Wildman–Crippen MR) is 101 cm³/mol. The molecule has 0 unspecified atom stereocenters. The van der Waals surface area contributed by atoms with E-state index in [1.165, 1.54) is 25.8 Å². The van der Waals surface area contributed by atoms with Gasteiger partial charge in [0.25, 0.3) is 5.91 Å². The Kier molecular flexibility index (Phi) is 6.50. The Labute approximate surface area is 155 Å². The van der Waals surface area contributed by atoms with Crippen LogP contribution < -0.4 is 15.0 Å². The molecule has 0 bridgehead atoms. The van der Waals surface area contributed by atoms with Gasteiger partial charge in [-0.3, -0.25) is 9.59 Å². The molecule has 2 amide bonds. The van der Waals surface area contributed by atoms with Gasteiger partial charge in [0.1, 0.15) is 5.75 Å². The van der Waals surface area contributed by atoms with Crippen molar-refractivity contribution < 1.29 is 14.3 Å². The Hall–Kier alpha value is -2.08. The maximum absolute atomic E-state index is 12.1. The van der Waals surface area contributed by atoms with Gasteiger partial charge in [-0.15, -0.1) is 0 Å². The third kappa shape index (κ3) is 4.75. The second kappa shape index (κ2) is 9.03. The molecule has 1 fully saturated rings. The first kappa shape index (κ1) is 18.7. The summed E-state index contributed by atoms with van der Waals surface area (Å²) in [6.45, 7) is 5.61. The van der Waals surface area contributed by atoms with E-state index < -0.39 is 0 Å². The van der Waals surface area contributed by atoms with Crippen LogP contribution in [-0.2, 0) is 9.59 Å². The number of nitrogens with zero attached hydrogens (tertiary/aromatic N) is 2. The lowest BCUT2D eigenvalue weighted by Gasteiger charge is -2.33. The van der Waals surface area contributed by atoms with Crippen LogP contribution >= 0.6 is 0 Å². The van der Waals surface area contributed by atoms with Crippen molar-refractivity contribution in [3.8, 4) is 5.75 Å². The highest BCUT2D eigenvalue weighted by Gasteiger charge is 2.25. The molecule has 1 N–H and O–H groups in total.